The van der Waals surface area contributed by atoms with Crippen molar-refractivity contribution in [2.45, 2.75) is 46.1 Å². The van der Waals surface area contributed by atoms with Crippen molar-refractivity contribution in [2.24, 2.45) is 0 Å². The van der Waals surface area contributed by atoms with Gasteiger partial charge in [0.15, 0.2) is 0 Å². The van der Waals surface area contributed by atoms with Gasteiger partial charge >= 0.3 is 0 Å². The van der Waals surface area contributed by atoms with Crippen LogP contribution in [0.1, 0.15) is 37.7 Å². The van der Waals surface area contributed by atoms with Crippen molar-refractivity contribution >= 4 is 0 Å². The minimum Gasteiger partial charge on any atom is -0.370 e. The van der Waals surface area contributed by atoms with Crippen molar-refractivity contribution in [1.82, 2.24) is 10.3 Å². The van der Waals surface area contributed by atoms with Crippen LogP contribution in [-0.2, 0) is 24.5 Å². The summed E-state index contributed by atoms with van der Waals surface area (Å²) in [5.74, 6) is 0. The molecular formula is C18H24N2O. The number of nitrogens with one attached hydrogen (secondary N) is 1. The van der Waals surface area contributed by atoms with Crippen molar-refractivity contribution in [3.63, 3.8) is 0 Å². The lowest BCUT2D eigenvalue weighted by atomic mass is 10.1. The molecule has 0 saturated heterocycles. The standard InChI is InChI=1S/C18H24N2O/c1-18(2,3)19-12-16-10-7-11-17(20-16)14-21-13-15-8-5-4-6-9-15/h4-11,19H,12-14H2,1-3H3. The fourth-order valence-corrected chi connectivity index (χ4v) is 1.91. The van der Waals surface area contributed by atoms with Gasteiger partial charge in [0.05, 0.1) is 24.6 Å². The fraction of sp³-hybridized carbons (Fsp3) is 0.389. The molecule has 0 bridgehead atoms. The van der Waals surface area contributed by atoms with E-state index >= 15 is 0 Å². The summed E-state index contributed by atoms with van der Waals surface area (Å²) in [7, 11) is 0. The molecule has 1 N–H and O–H groups in total. The smallest absolute Gasteiger partial charge is 0.0892 e. The van der Waals surface area contributed by atoms with Crippen molar-refractivity contribution in [3.05, 3.63) is 65.5 Å². The molecule has 0 amide bonds. The molecule has 3 nitrogen and oxygen atoms in total. The van der Waals surface area contributed by atoms with Crippen LogP contribution >= 0.6 is 0 Å². The monoisotopic (exact) mass is 284 g/mol. The molecule has 0 aliphatic heterocycles. The lowest BCUT2D eigenvalue weighted by Crippen LogP contribution is -2.35. The third-order valence-electron chi connectivity index (χ3n) is 3.03. The second kappa shape index (κ2) is 7.34. The van der Waals surface area contributed by atoms with Gasteiger partial charge in [-0.3, -0.25) is 4.98 Å². The Morgan fingerprint density at radius 1 is 0.905 bits per heavy atom. The van der Waals surface area contributed by atoms with Gasteiger partial charge in [-0.2, -0.15) is 0 Å². The van der Waals surface area contributed by atoms with E-state index in [0.29, 0.717) is 13.2 Å². The third-order valence-corrected chi connectivity index (χ3v) is 3.03. The van der Waals surface area contributed by atoms with Crippen LogP contribution in [0.15, 0.2) is 48.5 Å². The molecule has 2 aromatic rings. The van der Waals surface area contributed by atoms with Gasteiger partial charge in [0.2, 0.25) is 0 Å². The molecule has 0 aliphatic rings. The van der Waals surface area contributed by atoms with Crippen molar-refractivity contribution in [2.75, 3.05) is 0 Å². The maximum absolute atomic E-state index is 5.72. The first-order valence-electron chi connectivity index (χ1n) is 7.34. The van der Waals surface area contributed by atoms with E-state index in [9.17, 15) is 0 Å². The summed E-state index contributed by atoms with van der Waals surface area (Å²) in [5, 5.41) is 3.44. The van der Waals surface area contributed by atoms with Gasteiger partial charge in [0.1, 0.15) is 0 Å². The highest BCUT2D eigenvalue weighted by molar-refractivity contribution is 5.14. The summed E-state index contributed by atoms with van der Waals surface area (Å²) in [6.45, 7) is 8.39. The first-order chi connectivity index (χ1) is 10.0. The third kappa shape index (κ3) is 6.06. The lowest BCUT2D eigenvalue weighted by molar-refractivity contribution is 0.104. The molecule has 3 heteroatoms. The van der Waals surface area contributed by atoms with E-state index in [1.807, 2.05) is 36.4 Å². The maximum atomic E-state index is 5.72. The molecule has 0 fully saturated rings. The summed E-state index contributed by atoms with van der Waals surface area (Å²) in [6.07, 6.45) is 0. The van der Waals surface area contributed by atoms with Gasteiger partial charge in [-0.15, -0.1) is 0 Å². The Morgan fingerprint density at radius 3 is 2.33 bits per heavy atom. The van der Waals surface area contributed by atoms with Gasteiger partial charge in [-0.25, -0.2) is 0 Å². The van der Waals surface area contributed by atoms with Crippen LogP contribution in [-0.4, -0.2) is 10.5 Å². The van der Waals surface area contributed by atoms with Gasteiger partial charge in [0, 0.05) is 12.1 Å². The number of ether oxygens (including phenoxy) is 1. The predicted molar refractivity (Wildman–Crippen MR) is 85.8 cm³/mol. The second-order valence-corrected chi connectivity index (χ2v) is 6.20. The minimum absolute atomic E-state index is 0.0987. The normalized spacial score (nSPS) is 11.6. The highest BCUT2D eigenvalue weighted by atomic mass is 16.5. The molecule has 0 radical (unpaired) electrons. The average molecular weight is 284 g/mol. The second-order valence-electron chi connectivity index (χ2n) is 6.20. The van der Waals surface area contributed by atoms with E-state index in [0.717, 1.165) is 17.9 Å². The summed E-state index contributed by atoms with van der Waals surface area (Å²) in [6, 6.07) is 16.3. The zero-order valence-electron chi connectivity index (χ0n) is 13.1. The van der Waals surface area contributed by atoms with Gasteiger partial charge in [0.25, 0.3) is 0 Å². The zero-order valence-corrected chi connectivity index (χ0v) is 13.1. The highest BCUT2D eigenvalue weighted by Gasteiger charge is 2.09. The molecule has 0 saturated carbocycles. The lowest BCUT2D eigenvalue weighted by Gasteiger charge is -2.20. The zero-order chi connectivity index (χ0) is 15.1. The van der Waals surface area contributed by atoms with Crippen molar-refractivity contribution < 1.29 is 4.74 Å². The Hall–Kier alpha value is -1.71. The fourth-order valence-electron chi connectivity index (χ4n) is 1.91. The summed E-state index contributed by atoms with van der Waals surface area (Å²) in [4.78, 5) is 4.62. The Balaban J connectivity index is 1.83. The first-order valence-corrected chi connectivity index (χ1v) is 7.34. The van der Waals surface area contributed by atoms with Gasteiger partial charge in [-0.05, 0) is 38.5 Å². The quantitative estimate of drug-likeness (QED) is 0.878. The highest BCUT2D eigenvalue weighted by Crippen LogP contribution is 2.07. The van der Waals surface area contributed by atoms with E-state index in [-0.39, 0.29) is 5.54 Å². The van der Waals surface area contributed by atoms with Crippen LogP contribution in [0.3, 0.4) is 0 Å². The van der Waals surface area contributed by atoms with E-state index in [1.165, 1.54) is 5.56 Å². The Morgan fingerprint density at radius 2 is 1.62 bits per heavy atom. The Bertz CT molecular complexity index is 547. The van der Waals surface area contributed by atoms with Crippen molar-refractivity contribution in [1.29, 1.82) is 0 Å². The van der Waals surface area contributed by atoms with Gasteiger partial charge < -0.3 is 10.1 Å². The van der Waals surface area contributed by atoms with Crippen LogP contribution in [0.2, 0.25) is 0 Å². The van der Waals surface area contributed by atoms with Crippen LogP contribution in [0, 0.1) is 0 Å². The maximum Gasteiger partial charge on any atom is 0.0892 e. The summed E-state index contributed by atoms with van der Waals surface area (Å²) < 4.78 is 5.72. The first kappa shape index (κ1) is 15.7. The number of benzene rings is 1. The minimum atomic E-state index is 0.0987. The summed E-state index contributed by atoms with van der Waals surface area (Å²) >= 11 is 0. The Labute approximate surface area is 127 Å². The van der Waals surface area contributed by atoms with Crippen LogP contribution < -0.4 is 5.32 Å². The van der Waals surface area contributed by atoms with E-state index < -0.39 is 0 Å². The number of nitrogens with zero attached hydrogens (tertiary/aromatic N) is 1. The largest absolute Gasteiger partial charge is 0.370 e. The molecule has 0 spiro atoms. The molecule has 1 aromatic heterocycles. The van der Waals surface area contributed by atoms with Gasteiger partial charge in [-0.1, -0.05) is 36.4 Å². The van der Waals surface area contributed by atoms with E-state index in [4.69, 9.17) is 4.74 Å². The predicted octanol–water partition coefficient (Wildman–Crippen LogP) is 3.69. The number of pyridine rings is 1. The molecule has 0 atom stereocenters. The van der Waals surface area contributed by atoms with Crippen LogP contribution in [0.4, 0.5) is 0 Å². The molecule has 112 valence electrons. The van der Waals surface area contributed by atoms with Crippen LogP contribution in [0.5, 0.6) is 0 Å². The molecule has 1 aromatic carbocycles. The molecular weight excluding hydrogens is 260 g/mol. The average Bonchev–Trinajstić information content (AvgIpc) is 2.46. The SMILES string of the molecule is CC(C)(C)NCc1cccc(COCc2ccccc2)n1. The topological polar surface area (TPSA) is 34.1 Å². The molecule has 0 unspecified atom stereocenters. The molecule has 2 rings (SSSR count). The number of aromatic nitrogens is 1. The number of hydrogen-bond acceptors (Lipinski definition) is 3. The number of hydrogen-bond donors (Lipinski definition) is 1. The van der Waals surface area contributed by atoms with E-state index in [1.54, 1.807) is 0 Å². The molecule has 0 aliphatic carbocycles. The summed E-state index contributed by atoms with van der Waals surface area (Å²) in [5.41, 5.74) is 3.30. The molecule has 1 heterocycles. The Kier molecular flexibility index (Phi) is 5.48. The van der Waals surface area contributed by atoms with Crippen LogP contribution in [0.25, 0.3) is 0 Å². The van der Waals surface area contributed by atoms with Crippen molar-refractivity contribution in [3.8, 4) is 0 Å². The molecule has 21 heavy (non-hydrogen) atoms. The number of rotatable bonds is 6. The van der Waals surface area contributed by atoms with E-state index in [2.05, 4.69) is 43.2 Å².